The summed E-state index contributed by atoms with van der Waals surface area (Å²) in [5.41, 5.74) is 0.267. The number of nitrogens with zero attached hydrogens (tertiary/aromatic N) is 2. The maximum Gasteiger partial charge on any atom is 0.336 e. The molecule has 0 aliphatic heterocycles. The molecule has 1 N–H and O–H groups in total. The third-order valence-electron chi connectivity index (χ3n) is 1.96. The number of hydrogen-bond acceptors (Lipinski definition) is 4. The van der Waals surface area contributed by atoms with Gasteiger partial charge in [-0.3, -0.25) is 0 Å². The third-order valence-corrected chi connectivity index (χ3v) is 3.90. The monoisotopic (exact) mass is 310 g/mol. The minimum absolute atomic E-state index is 0.267. The van der Waals surface area contributed by atoms with Gasteiger partial charge < -0.3 is 5.11 Å². The van der Waals surface area contributed by atoms with Crippen LogP contribution in [0.4, 0.5) is 0 Å². The molecule has 0 aliphatic rings. The Balaban J connectivity index is 2.37. The lowest BCUT2D eigenvalue weighted by atomic mass is 10.2. The van der Waals surface area contributed by atoms with Crippen molar-refractivity contribution in [2.45, 2.75) is 9.92 Å². The number of halogens is 1. The summed E-state index contributed by atoms with van der Waals surface area (Å²) in [6.45, 7) is 0. The Bertz CT molecular complexity index is 563. The second kappa shape index (κ2) is 5.29. The van der Waals surface area contributed by atoms with Gasteiger partial charge in [0.1, 0.15) is 11.4 Å². The maximum absolute atomic E-state index is 11.0. The van der Waals surface area contributed by atoms with Gasteiger partial charge in [-0.05, 0) is 28.1 Å². The topological polar surface area (TPSA) is 63.1 Å². The van der Waals surface area contributed by atoms with Crippen LogP contribution in [0.3, 0.4) is 0 Å². The fraction of sp³-hybridized carbons (Fsp3) is 0. The smallest absolute Gasteiger partial charge is 0.336 e. The molecule has 2 rings (SSSR count). The number of rotatable bonds is 3. The van der Waals surface area contributed by atoms with E-state index in [9.17, 15) is 4.79 Å². The number of carboxylic acids is 1. The van der Waals surface area contributed by atoms with Crippen LogP contribution in [0, 0.1) is 0 Å². The lowest BCUT2D eigenvalue weighted by Gasteiger charge is -2.05. The van der Waals surface area contributed by atoms with Crippen molar-refractivity contribution in [3.63, 3.8) is 0 Å². The molecule has 0 fully saturated rings. The van der Waals surface area contributed by atoms with Gasteiger partial charge in [0.25, 0.3) is 0 Å². The van der Waals surface area contributed by atoms with Gasteiger partial charge in [-0.25, -0.2) is 14.8 Å². The molecular formula is C11H7BrN2O2S. The van der Waals surface area contributed by atoms with Crippen molar-refractivity contribution >= 4 is 33.7 Å². The Hall–Kier alpha value is -1.40. The van der Waals surface area contributed by atoms with Crippen molar-refractivity contribution in [2.24, 2.45) is 0 Å². The average Bonchev–Trinajstić information content (AvgIpc) is 2.32. The molecule has 0 bridgehead atoms. The van der Waals surface area contributed by atoms with Crippen LogP contribution in [-0.4, -0.2) is 21.0 Å². The molecule has 0 unspecified atom stereocenters. The van der Waals surface area contributed by atoms with E-state index in [-0.39, 0.29) is 5.56 Å². The van der Waals surface area contributed by atoms with Gasteiger partial charge in [-0.1, -0.05) is 23.9 Å². The van der Waals surface area contributed by atoms with Crippen molar-refractivity contribution < 1.29 is 9.90 Å². The van der Waals surface area contributed by atoms with E-state index in [1.165, 1.54) is 18.1 Å². The molecule has 4 nitrogen and oxygen atoms in total. The number of aromatic carboxylic acids is 1. The van der Waals surface area contributed by atoms with E-state index in [2.05, 4.69) is 25.9 Å². The van der Waals surface area contributed by atoms with E-state index in [4.69, 9.17) is 5.11 Å². The van der Waals surface area contributed by atoms with Gasteiger partial charge in [0, 0.05) is 11.1 Å². The summed E-state index contributed by atoms with van der Waals surface area (Å²) >= 11 is 4.61. The van der Waals surface area contributed by atoms with Gasteiger partial charge in [0.05, 0.1) is 10.0 Å². The Morgan fingerprint density at radius 1 is 1.35 bits per heavy atom. The van der Waals surface area contributed by atoms with Crippen molar-refractivity contribution in [1.29, 1.82) is 0 Å². The molecule has 0 saturated carbocycles. The van der Waals surface area contributed by atoms with Crippen LogP contribution in [-0.2, 0) is 0 Å². The van der Waals surface area contributed by atoms with Crippen LogP contribution in [0.15, 0.2) is 51.2 Å². The Morgan fingerprint density at radius 2 is 2.12 bits per heavy atom. The first-order valence-corrected chi connectivity index (χ1v) is 6.25. The van der Waals surface area contributed by atoms with E-state index in [1.54, 1.807) is 30.5 Å². The molecule has 17 heavy (non-hydrogen) atoms. The Morgan fingerprint density at radius 3 is 2.82 bits per heavy atom. The molecular weight excluding hydrogens is 304 g/mol. The molecule has 1 heterocycles. The molecule has 1 aromatic carbocycles. The Kier molecular flexibility index (Phi) is 3.75. The van der Waals surface area contributed by atoms with E-state index in [1.807, 2.05) is 0 Å². The van der Waals surface area contributed by atoms with Crippen LogP contribution >= 0.6 is 27.7 Å². The predicted octanol–water partition coefficient (Wildman–Crippen LogP) is 3.09. The van der Waals surface area contributed by atoms with E-state index < -0.39 is 5.97 Å². The highest BCUT2D eigenvalue weighted by atomic mass is 79.9. The predicted molar refractivity (Wildman–Crippen MR) is 67.3 cm³/mol. The van der Waals surface area contributed by atoms with Crippen LogP contribution in [0.1, 0.15) is 10.4 Å². The molecule has 0 aliphatic carbocycles. The molecule has 2 aromatic rings. The van der Waals surface area contributed by atoms with Crippen LogP contribution in [0.5, 0.6) is 0 Å². The zero-order valence-electron chi connectivity index (χ0n) is 8.50. The van der Waals surface area contributed by atoms with Crippen molar-refractivity contribution in [2.75, 3.05) is 0 Å². The van der Waals surface area contributed by atoms with Gasteiger partial charge in [0.15, 0.2) is 0 Å². The van der Waals surface area contributed by atoms with Gasteiger partial charge in [-0.2, -0.15) is 0 Å². The molecule has 1 aromatic heterocycles. The van der Waals surface area contributed by atoms with E-state index in [0.29, 0.717) is 9.92 Å². The maximum atomic E-state index is 11.0. The SMILES string of the molecule is O=C(O)c1ccccc1Sc1ncncc1Br. The third kappa shape index (κ3) is 2.83. The molecule has 0 spiro atoms. The normalized spacial score (nSPS) is 10.2. The lowest BCUT2D eigenvalue weighted by molar-refractivity contribution is 0.0693. The summed E-state index contributed by atoms with van der Waals surface area (Å²) in [6.07, 6.45) is 3.05. The summed E-state index contributed by atoms with van der Waals surface area (Å²) in [7, 11) is 0. The van der Waals surface area contributed by atoms with E-state index >= 15 is 0 Å². The average molecular weight is 311 g/mol. The summed E-state index contributed by atoms with van der Waals surface area (Å²) in [5, 5.41) is 9.74. The second-order valence-corrected chi connectivity index (χ2v) is 4.96. The molecule has 0 radical (unpaired) electrons. The highest BCUT2D eigenvalue weighted by Gasteiger charge is 2.12. The van der Waals surface area contributed by atoms with Crippen molar-refractivity contribution in [3.8, 4) is 0 Å². The minimum Gasteiger partial charge on any atom is -0.478 e. The minimum atomic E-state index is -0.946. The van der Waals surface area contributed by atoms with Gasteiger partial charge in [-0.15, -0.1) is 0 Å². The molecule has 6 heteroatoms. The number of carbonyl (C=O) groups is 1. The first-order chi connectivity index (χ1) is 8.18. The zero-order chi connectivity index (χ0) is 12.3. The van der Waals surface area contributed by atoms with Crippen LogP contribution < -0.4 is 0 Å². The van der Waals surface area contributed by atoms with Gasteiger partial charge >= 0.3 is 5.97 Å². The number of aromatic nitrogens is 2. The van der Waals surface area contributed by atoms with E-state index in [0.717, 1.165) is 4.47 Å². The number of hydrogen-bond donors (Lipinski definition) is 1. The number of benzene rings is 1. The largest absolute Gasteiger partial charge is 0.478 e. The summed E-state index contributed by atoms with van der Waals surface area (Å²) in [4.78, 5) is 19.6. The quantitative estimate of drug-likeness (QED) is 0.883. The standard InChI is InChI=1S/C11H7BrN2O2S/c12-8-5-13-6-14-10(8)17-9-4-2-1-3-7(9)11(15)16/h1-6H,(H,15,16). The first kappa shape index (κ1) is 12.1. The fourth-order valence-electron chi connectivity index (χ4n) is 1.21. The molecule has 0 amide bonds. The Labute approximate surface area is 110 Å². The second-order valence-electron chi connectivity index (χ2n) is 3.08. The van der Waals surface area contributed by atoms with Crippen LogP contribution in [0.25, 0.3) is 0 Å². The molecule has 86 valence electrons. The zero-order valence-corrected chi connectivity index (χ0v) is 10.9. The van der Waals surface area contributed by atoms with Crippen molar-refractivity contribution in [3.05, 3.63) is 46.8 Å². The summed E-state index contributed by atoms with van der Waals surface area (Å²) < 4.78 is 0.741. The molecule has 0 saturated heterocycles. The lowest BCUT2D eigenvalue weighted by Crippen LogP contribution is -1.98. The van der Waals surface area contributed by atoms with Crippen LogP contribution in [0.2, 0.25) is 0 Å². The summed E-state index contributed by atoms with van der Waals surface area (Å²) in [5.74, 6) is -0.946. The first-order valence-electron chi connectivity index (χ1n) is 4.64. The number of carboxylic acid groups (broad SMARTS) is 1. The highest BCUT2D eigenvalue weighted by Crippen LogP contribution is 2.32. The highest BCUT2D eigenvalue weighted by molar-refractivity contribution is 9.10. The van der Waals surface area contributed by atoms with Crippen molar-refractivity contribution in [1.82, 2.24) is 9.97 Å². The van der Waals surface area contributed by atoms with Gasteiger partial charge in [0.2, 0.25) is 0 Å². The summed E-state index contributed by atoms with van der Waals surface area (Å²) in [6, 6.07) is 6.81. The fourth-order valence-corrected chi connectivity index (χ4v) is 2.55. The molecule has 0 atom stereocenters.